The fraction of sp³-hybridized carbons (Fsp3) is 0.150. The van der Waals surface area contributed by atoms with Crippen LogP contribution in [0.25, 0.3) is 0 Å². The molecule has 0 aliphatic rings. The topological polar surface area (TPSA) is 131 Å². The Labute approximate surface area is 182 Å². The zero-order valence-corrected chi connectivity index (χ0v) is 18.0. The van der Waals surface area contributed by atoms with E-state index in [4.69, 9.17) is 5.14 Å². The molecule has 3 aromatic rings. The number of carbonyl (C=O) groups is 2. The van der Waals surface area contributed by atoms with Crippen molar-refractivity contribution in [1.29, 1.82) is 0 Å². The number of hydrogen-bond acceptors (Lipinski definition) is 6. The van der Waals surface area contributed by atoms with E-state index < -0.39 is 27.8 Å². The van der Waals surface area contributed by atoms with Crippen LogP contribution in [0.5, 0.6) is 0 Å². The minimum absolute atomic E-state index is 0.0409. The van der Waals surface area contributed by atoms with Crippen LogP contribution in [0, 0.1) is 5.82 Å². The number of benzene rings is 2. The first kappa shape index (κ1) is 22.5. The zero-order valence-electron chi connectivity index (χ0n) is 16.3. The van der Waals surface area contributed by atoms with Crippen LogP contribution in [-0.4, -0.2) is 25.2 Å². The molecule has 2 aromatic carbocycles. The van der Waals surface area contributed by atoms with Crippen LogP contribution in [0.15, 0.2) is 58.8 Å². The third-order valence-corrected chi connectivity index (χ3v) is 6.01. The Morgan fingerprint density at radius 3 is 2.65 bits per heavy atom. The number of nitrogens with two attached hydrogens (primary N) is 1. The molecule has 1 heterocycles. The Morgan fingerprint density at radius 2 is 1.94 bits per heavy atom. The van der Waals surface area contributed by atoms with Gasteiger partial charge in [-0.3, -0.25) is 14.9 Å². The highest BCUT2D eigenvalue weighted by Crippen LogP contribution is 2.19. The highest BCUT2D eigenvalue weighted by molar-refractivity contribution is 7.89. The molecule has 2 amide bonds. The second-order valence-electron chi connectivity index (χ2n) is 6.66. The number of primary sulfonamides is 1. The number of nitrogens with zero attached hydrogens (tertiary/aromatic N) is 1. The molecule has 0 saturated carbocycles. The first-order valence-corrected chi connectivity index (χ1v) is 11.5. The van der Waals surface area contributed by atoms with E-state index in [9.17, 15) is 22.4 Å². The minimum atomic E-state index is -3.85. The van der Waals surface area contributed by atoms with E-state index in [0.717, 1.165) is 11.3 Å². The number of sulfonamides is 1. The van der Waals surface area contributed by atoms with Gasteiger partial charge < -0.3 is 5.32 Å². The summed E-state index contributed by atoms with van der Waals surface area (Å²) < 4.78 is 36.7. The average molecular weight is 463 g/mol. The van der Waals surface area contributed by atoms with Crippen molar-refractivity contribution in [3.63, 3.8) is 0 Å². The number of carbonyl (C=O) groups excluding carboxylic acids is 2. The predicted octanol–water partition coefficient (Wildman–Crippen LogP) is 2.60. The third-order valence-electron chi connectivity index (χ3n) is 4.30. The van der Waals surface area contributed by atoms with E-state index in [1.54, 1.807) is 30.5 Å². The van der Waals surface area contributed by atoms with Crippen LogP contribution in [0.3, 0.4) is 0 Å². The Bertz CT molecular complexity index is 1230. The van der Waals surface area contributed by atoms with Crippen molar-refractivity contribution in [2.45, 2.75) is 24.3 Å². The van der Waals surface area contributed by atoms with Crippen molar-refractivity contribution in [3.8, 4) is 0 Å². The summed E-state index contributed by atoms with van der Waals surface area (Å²) in [4.78, 5) is 28.6. The van der Waals surface area contributed by atoms with E-state index in [0.29, 0.717) is 11.3 Å². The molecule has 31 heavy (non-hydrogen) atoms. The summed E-state index contributed by atoms with van der Waals surface area (Å²) in [6.45, 7) is 1.71. The van der Waals surface area contributed by atoms with Crippen molar-refractivity contribution < 1.29 is 22.4 Å². The van der Waals surface area contributed by atoms with Crippen molar-refractivity contribution in [2.24, 2.45) is 5.14 Å². The molecule has 4 N–H and O–H groups in total. The minimum Gasteiger partial charge on any atom is -0.349 e. The van der Waals surface area contributed by atoms with Gasteiger partial charge in [0.25, 0.3) is 5.91 Å². The quantitative estimate of drug-likeness (QED) is 0.497. The molecule has 0 radical (unpaired) electrons. The molecule has 3 rings (SSSR count). The first-order valence-electron chi connectivity index (χ1n) is 9.06. The normalized spacial score (nSPS) is 12.2. The summed E-state index contributed by atoms with van der Waals surface area (Å²) in [5.74, 6) is -1.62. The van der Waals surface area contributed by atoms with Gasteiger partial charge in [0.2, 0.25) is 15.9 Å². The van der Waals surface area contributed by atoms with Crippen LogP contribution in [0.4, 0.5) is 9.52 Å². The number of rotatable bonds is 7. The summed E-state index contributed by atoms with van der Waals surface area (Å²) in [5.41, 5.74) is 0.903. The van der Waals surface area contributed by atoms with Crippen molar-refractivity contribution in [1.82, 2.24) is 10.3 Å². The SMILES string of the molecule is CC(NC(=O)Cc1csc(NC(=O)c2ccccc2F)n1)c1cccc(S(N)(=O)=O)c1. The van der Waals surface area contributed by atoms with Crippen molar-refractivity contribution >= 4 is 38.3 Å². The van der Waals surface area contributed by atoms with E-state index in [1.807, 2.05) is 0 Å². The summed E-state index contributed by atoms with van der Waals surface area (Å²) >= 11 is 1.11. The average Bonchev–Trinajstić information content (AvgIpc) is 3.14. The molecule has 162 valence electrons. The molecule has 0 fully saturated rings. The lowest BCUT2D eigenvalue weighted by atomic mass is 10.1. The van der Waals surface area contributed by atoms with Crippen LogP contribution in [0.2, 0.25) is 0 Å². The standard InChI is InChI=1S/C20H19FN4O4S2/c1-12(13-5-4-6-15(9-13)31(22,28)29)23-18(26)10-14-11-30-20(24-14)25-19(27)16-7-2-3-8-17(16)21/h2-9,11-12H,10H2,1H3,(H,23,26)(H2,22,28,29)(H,24,25,27). The Morgan fingerprint density at radius 1 is 1.19 bits per heavy atom. The summed E-state index contributed by atoms with van der Waals surface area (Å²) in [5, 5.41) is 12.3. The van der Waals surface area contributed by atoms with E-state index in [2.05, 4.69) is 15.6 Å². The number of hydrogen-bond donors (Lipinski definition) is 3. The van der Waals surface area contributed by atoms with Gasteiger partial charge in [-0.05, 0) is 36.8 Å². The highest BCUT2D eigenvalue weighted by atomic mass is 32.2. The van der Waals surface area contributed by atoms with Gasteiger partial charge in [0, 0.05) is 5.38 Å². The lowest BCUT2D eigenvalue weighted by Gasteiger charge is -2.14. The van der Waals surface area contributed by atoms with Crippen molar-refractivity contribution in [3.05, 3.63) is 76.5 Å². The Hall–Kier alpha value is -3.15. The second-order valence-corrected chi connectivity index (χ2v) is 9.08. The molecule has 1 aromatic heterocycles. The van der Waals surface area contributed by atoms with Crippen molar-refractivity contribution in [2.75, 3.05) is 5.32 Å². The summed E-state index contributed by atoms with van der Waals surface area (Å²) in [6, 6.07) is 11.1. The molecule has 0 spiro atoms. The fourth-order valence-electron chi connectivity index (χ4n) is 2.76. The molecule has 1 atom stereocenters. The lowest BCUT2D eigenvalue weighted by Crippen LogP contribution is -2.28. The van der Waals surface area contributed by atoms with E-state index in [-0.39, 0.29) is 27.9 Å². The monoisotopic (exact) mass is 462 g/mol. The zero-order chi connectivity index (χ0) is 22.6. The molecule has 8 nitrogen and oxygen atoms in total. The summed E-state index contributed by atoms with van der Waals surface area (Å²) in [6.07, 6.45) is -0.0503. The smallest absolute Gasteiger partial charge is 0.260 e. The van der Waals surface area contributed by atoms with Gasteiger partial charge >= 0.3 is 0 Å². The lowest BCUT2D eigenvalue weighted by molar-refractivity contribution is -0.121. The maximum absolute atomic E-state index is 13.7. The van der Waals surface area contributed by atoms with Gasteiger partial charge in [-0.1, -0.05) is 24.3 Å². The summed E-state index contributed by atoms with van der Waals surface area (Å²) in [7, 11) is -3.85. The van der Waals surface area contributed by atoms with Gasteiger partial charge in [0.15, 0.2) is 5.13 Å². The number of aromatic nitrogens is 1. The second kappa shape index (κ2) is 9.33. The fourth-order valence-corrected chi connectivity index (χ4v) is 4.03. The molecule has 0 aliphatic heterocycles. The molecule has 0 bridgehead atoms. The third kappa shape index (κ3) is 5.94. The number of amides is 2. The number of nitrogens with one attached hydrogen (secondary N) is 2. The highest BCUT2D eigenvalue weighted by Gasteiger charge is 2.16. The van der Waals surface area contributed by atoms with Crippen LogP contribution in [-0.2, 0) is 21.2 Å². The molecular formula is C20H19FN4O4S2. The van der Waals surface area contributed by atoms with Gasteiger partial charge in [-0.15, -0.1) is 11.3 Å². The number of anilines is 1. The predicted molar refractivity (Wildman–Crippen MR) is 115 cm³/mol. The first-order chi connectivity index (χ1) is 14.6. The largest absolute Gasteiger partial charge is 0.349 e. The van der Waals surface area contributed by atoms with Crippen LogP contribution < -0.4 is 15.8 Å². The number of halogens is 1. The molecule has 0 aliphatic carbocycles. The van der Waals surface area contributed by atoms with Gasteiger partial charge in [0.1, 0.15) is 5.82 Å². The molecule has 0 saturated heterocycles. The van der Waals surface area contributed by atoms with Gasteiger partial charge in [-0.2, -0.15) is 0 Å². The van der Waals surface area contributed by atoms with E-state index >= 15 is 0 Å². The molecule has 11 heteroatoms. The van der Waals surface area contributed by atoms with E-state index in [1.165, 1.54) is 30.3 Å². The maximum Gasteiger partial charge on any atom is 0.260 e. The van der Waals surface area contributed by atoms with Gasteiger partial charge in [0.05, 0.1) is 28.6 Å². The molecule has 1 unspecified atom stereocenters. The van der Waals surface area contributed by atoms with Gasteiger partial charge in [-0.25, -0.2) is 22.9 Å². The van der Waals surface area contributed by atoms with Crippen LogP contribution >= 0.6 is 11.3 Å². The number of thiazole rings is 1. The van der Waals surface area contributed by atoms with Crippen LogP contribution in [0.1, 0.15) is 34.6 Å². The Kier molecular flexibility index (Phi) is 6.78. The molecular weight excluding hydrogens is 443 g/mol. The Balaban J connectivity index is 1.60. The maximum atomic E-state index is 13.7.